The van der Waals surface area contributed by atoms with Crippen LogP contribution < -0.4 is 4.57 Å². The van der Waals surface area contributed by atoms with Crippen molar-refractivity contribution in [1.82, 2.24) is 0 Å². The van der Waals surface area contributed by atoms with Gasteiger partial charge in [0.25, 0.3) is 0 Å². The molecule has 1 aromatic heterocycles. The van der Waals surface area contributed by atoms with E-state index in [2.05, 4.69) is 42.8 Å². The van der Waals surface area contributed by atoms with Crippen molar-refractivity contribution in [2.45, 2.75) is 104 Å². The zero-order valence-corrected chi connectivity index (χ0v) is 15.2. The van der Waals surface area contributed by atoms with Gasteiger partial charge in [-0.05, 0) is 12.8 Å². The standard InChI is InChI=1S/C21H38N/c1-3-5-7-9-10-11-12-15-19-22-20-16-14-18-21(22)17-13-8-6-4-2/h14,16,18,20H,3-13,15,17,19H2,1-2H3/q+1. The SMILES string of the molecule is CCCCCCCCCC[n+]1ccccc1CCCCCC. The molecule has 1 heterocycles. The van der Waals surface area contributed by atoms with Crippen LogP contribution in [0.15, 0.2) is 24.4 Å². The Morgan fingerprint density at radius 1 is 0.682 bits per heavy atom. The van der Waals surface area contributed by atoms with E-state index in [-0.39, 0.29) is 0 Å². The van der Waals surface area contributed by atoms with Crippen LogP contribution in [0.3, 0.4) is 0 Å². The van der Waals surface area contributed by atoms with Gasteiger partial charge >= 0.3 is 0 Å². The molecule has 0 atom stereocenters. The van der Waals surface area contributed by atoms with Gasteiger partial charge in [-0.1, -0.05) is 77.7 Å². The van der Waals surface area contributed by atoms with E-state index in [0.29, 0.717) is 0 Å². The maximum absolute atomic E-state index is 2.49. The second-order valence-corrected chi connectivity index (χ2v) is 6.67. The van der Waals surface area contributed by atoms with Crippen LogP contribution in [0.25, 0.3) is 0 Å². The van der Waals surface area contributed by atoms with Crippen LogP contribution >= 0.6 is 0 Å². The normalized spacial score (nSPS) is 11.0. The predicted molar refractivity (Wildman–Crippen MR) is 97.1 cm³/mol. The van der Waals surface area contributed by atoms with Crippen molar-refractivity contribution in [3.63, 3.8) is 0 Å². The lowest BCUT2D eigenvalue weighted by Crippen LogP contribution is -2.37. The molecular formula is C21H38N+. The zero-order chi connectivity index (χ0) is 15.9. The molecule has 1 rings (SSSR count). The second kappa shape index (κ2) is 13.8. The third-order valence-corrected chi connectivity index (χ3v) is 4.57. The van der Waals surface area contributed by atoms with E-state index < -0.39 is 0 Å². The predicted octanol–water partition coefficient (Wildman–Crippen LogP) is 6.24. The number of rotatable bonds is 14. The Morgan fingerprint density at radius 3 is 1.95 bits per heavy atom. The van der Waals surface area contributed by atoms with Crippen LogP contribution in [0.4, 0.5) is 0 Å². The van der Waals surface area contributed by atoms with Gasteiger partial charge in [0.05, 0.1) is 0 Å². The van der Waals surface area contributed by atoms with Crippen LogP contribution in [0.2, 0.25) is 0 Å². The van der Waals surface area contributed by atoms with Crippen molar-refractivity contribution in [2.24, 2.45) is 0 Å². The van der Waals surface area contributed by atoms with Gasteiger partial charge in [-0.15, -0.1) is 0 Å². The molecule has 0 amide bonds. The van der Waals surface area contributed by atoms with Gasteiger partial charge in [-0.2, -0.15) is 0 Å². The minimum Gasteiger partial charge on any atom is -0.202 e. The van der Waals surface area contributed by atoms with Gasteiger partial charge < -0.3 is 0 Å². The van der Waals surface area contributed by atoms with Gasteiger partial charge in [-0.3, -0.25) is 0 Å². The van der Waals surface area contributed by atoms with E-state index in [9.17, 15) is 0 Å². The molecule has 0 aliphatic carbocycles. The number of aromatic nitrogens is 1. The molecule has 0 saturated heterocycles. The van der Waals surface area contributed by atoms with Crippen LogP contribution in [-0.2, 0) is 13.0 Å². The van der Waals surface area contributed by atoms with Crippen LogP contribution in [0, 0.1) is 0 Å². The van der Waals surface area contributed by atoms with Crippen molar-refractivity contribution >= 4 is 0 Å². The molecule has 0 spiro atoms. The van der Waals surface area contributed by atoms with Gasteiger partial charge in [0, 0.05) is 25.0 Å². The largest absolute Gasteiger partial charge is 0.202 e. The number of unbranched alkanes of at least 4 members (excludes halogenated alkanes) is 10. The lowest BCUT2D eigenvalue weighted by Gasteiger charge is -2.04. The molecule has 1 aromatic rings. The third-order valence-electron chi connectivity index (χ3n) is 4.57. The Bertz CT molecular complexity index is 359. The summed E-state index contributed by atoms with van der Waals surface area (Å²) >= 11 is 0. The van der Waals surface area contributed by atoms with Gasteiger partial charge in [-0.25, -0.2) is 4.57 Å². The van der Waals surface area contributed by atoms with E-state index in [0.717, 1.165) is 0 Å². The second-order valence-electron chi connectivity index (χ2n) is 6.67. The topological polar surface area (TPSA) is 3.88 Å². The quantitative estimate of drug-likeness (QED) is 0.283. The Morgan fingerprint density at radius 2 is 1.27 bits per heavy atom. The average Bonchev–Trinajstić information content (AvgIpc) is 2.55. The first-order valence-electron chi connectivity index (χ1n) is 9.85. The Labute approximate surface area is 139 Å². The molecule has 1 heteroatoms. The summed E-state index contributed by atoms with van der Waals surface area (Å²) in [7, 11) is 0. The molecule has 0 aliphatic heterocycles. The molecule has 0 aromatic carbocycles. The molecule has 1 nitrogen and oxygen atoms in total. The number of pyridine rings is 1. The fraction of sp³-hybridized carbons (Fsp3) is 0.762. The molecular weight excluding hydrogens is 266 g/mol. The minimum absolute atomic E-state index is 1.21. The number of hydrogen-bond acceptors (Lipinski definition) is 0. The van der Waals surface area contributed by atoms with E-state index in [1.165, 1.54) is 95.7 Å². The number of nitrogens with zero attached hydrogens (tertiary/aromatic N) is 1. The molecule has 0 unspecified atom stereocenters. The molecule has 22 heavy (non-hydrogen) atoms. The third kappa shape index (κ3) is 9.23. The summed E-state index contributed by atoms with van der Waals surface area (Å²) < 4.78 is 2.49. The Balaban J connectivity index is 2.16. The van der Waals surface area contributed by atoms with Crippen molar-refractivity contribution in [3.05, 3.63) is 30.1 Å². The van der Waals surface area contributed by atoms with E-state index in [1.54, 1.807) is 0 Å². The summed E-state index contributed by atoms with van der Waals surface area (Å²) in [6, 6.07) is 6.69. The maximum atomic E-state index is 2.49. The van der Waals surface area contributed by atoms with Crippen molar-refractivity contribution in [1.29, 1.82) is 0 Å². The first-order chi connectivity index (χ1) is 10.9. The highest BCUT2D eigenvalue weighted by molar-refractivity contribution is 4.97. The number of hydrogen-bond donors (Lipinski definition) is 0. The highest BCUT2D eigenvalue weighted by Crippen LogP contribution is 2.09. The minimum atomic E-state index is 1.21. The van der Waals surface area contributed by atoms with Crippen molar-refractivity contribution in [2.75, 3.05) is 0 Å². The van der Waals surface area contributed by atoms with Gasteiger partial charge in [0.15, 0.2) is 11.9 Å². The zero-order valence-electron chi connectivity index (χ0n) is 15.2. The first-order valence-corrected chi connectivity index (χ1v) is 9.85. The van der Waals surface area contributed by atoms with Crippen molar-refractivity contribution < 1.29 is 4.57 Å². The monoisotopic (exact) mass is 304 g/mol. The highest BCUT2D eigenvalue weighted by atomic mass is 14.9. The van der Waals surface area contributed by atoms with E-state index in [4.69, 9.17) is 0 Å². The van der Waals surface area contributed by atoms with Gasteiger partial charge in [0.2, 0.25) is 0 Å². The molecule has 0 aliphatic rings. The van der Waals surface area contributed by atoms with Crippen LogP contribution in [-0.4, -0.2) is 0 Å². The molecule has 0 fully saturated rings. The fourth-order valence-corrected chi connectivity index (χ4v) is 3.11. The lowest BCUT2D eigenvalue weighted by molar-refractivity contribution is -0.704. The maximum Gasteiger partial charge on any atom is 0.181 e. The number of aryl methyl sites for hydroxylation is 2. The summed E-state index contributed by atoms with van der Waals surface area (Å²) in [5.74, 6) is 0. The first kappa shape index (κ1) is 19.2. The molecule has 0 N–H and O–H groups in total. The smallest absolute Gasteiger partial charge is 0.181 e. The van der Waals surface area contributed by atoms with E-state index >= 15 is 0 Å². The highest BCUT2D eigenvalue weighted by Gasteiger charge is 2.08. The molecule has 0 bridgehead atoms. The molecule has 0 saturated carbocycles. The van der Waals surface area contributed by atoms with Crippen molar-refractivity contribution in [3.8, 4) is 0 Å². The van der Waals surface area contributed by atoms with E-state index in [1.807, 2.05) is 0 Å². The summed E-state index contributed by atoms with van der Waals surface area (Å²) in [5, 5.41) is 0. The lowest BCUT2D eigenvalue weighted by atomic mass is 10.1. The fourth-order valence-electron chi connectivity index (χ4n) is 3.11. The summed E-state index contributed by atoms with van der Waals surface area (Å²) in [6.07, 6.45) is 20.2. The molecule has 126 valence electrons. The van der Waals surface area contributed by atoms with Crippen LogP contribution in [0.1, 0.15) is 96.6 Å². The Kier molecular flexibility index (Phi) is 12.0. The summed E-state index contributed by atoms with van der Waals surface area (Å²) in [4.78, 5) is 0. The molecule has 0 radical (unpaired) electrons. The summed E-state index contributed by atoms with van der Waals surface area (Å²) in [5.41, 5.74) is 1.53. The van der Waals surface area contributed by atoms with Crippen LogP contribution in [0.5, 0.6) is 0 Å². The summed E-state index contributed by atoms with van der Waals surface area (Å²) in [6.45, 7) is 5.78. The Hall–Kier alpha value is -0.850. The average molecular weight is 305 g/mol. The van der Waals surface area contributed by atoms with Gasteiger partial charge in [0.1, 0.15) is 6.54 Å².